The molecular formula is C21H25N7O. The smallest absolute Gasteiger partial charge is 0.241 e. The van der Waals surface area contributed by atoms with Gasteiger partial charge in [0.25, 0.3) is 0 Å². The van der Waals surface area contributed by atoms with E-state index in [4.69, 9.17) is 19.7 Å². The summed E-state index contributed by atoms with van der Waals surface area (Å²) in [5, 5.41) is 0. The molecule has 0 atom stereocenters. The number of anilines is 2. The number of rotatable bonds is 4. The summed E-state index contributed by atoms with van der Waals surface area (Å²) in [4.78, 5) is 22.9. The summed E-state index contributed by atoms with van der Waals surface area (Å²) in [6.07, 6.45) is 7.53. The SMILES string of the molecule is c1ccc(C2CCN(c3nc(N4CCOCC4)nc(-n4ccnc4)n3)CC2)cc1. The molecule has 0 radical (unpaired) electrons. The first-order valence-corrected chi connectivity index (χ1v) is 10.2. The van der Waals surface area contributed by atoms with Gasteiger partial charge in [0.1, 0.15) is 6.33 Å². The van der Waals surface area contributed by atoms with Crippen molar-refractivity contribution in [2.24, 2.45) is 0 Å². The van der Waals surface area contributed by atoms with Crippen LogP contribution in [0.2, 0.25) is 0 Å². The Morgan fingerprint density at radius 1 is 0.793 bits per heavy atom. The molecule has 2 aliphatic rings. The summed E-state index contributed by atoms with van der Waals surface area (Å²) in [7, 11) is 0. The standard InChI is InChI=1S/C21H25N7O/c1-2-4-17(5-3-1)18-6-9-26(10-7-18)19-23-20(27-12-14-29-15-13-27)25-21(24-19)28-11-8-22-16-28/h1-5,8,11,16,18H,6-7,9-10,12-15H2. The molecule has 150 valence electrons. The highest BCUT2D eigenvalue weighted by Crippen LogP contribution is 2.29. The zero-order valence-electron chi connectivity index (χ0n) is 16.4. The molecule has 2 saturated heterocycles. The largest absolute Gasteiger partial charge is 0.378 e. The van der Waals surface area contributed by atoms with Crippen LogP contribution in [0.1, 0.15) is 24.3 Å². The number of piperidine rings is 1. The Kier molecular flexibility index (Phi) is 5.08. The van der Waals surface area contributed by atoms with Crippen LogP contribution in [0.4, 0.5) is 11.9 Å². The van der Waals surface area contributed by atoms with Gasteiger partial charge in [0.15, 0.2) is 0 Å². The van der Waals surface area contributed by atoms with E-state index in [1.807, 2.05) is 10.8 Å². The molecule has 8 heteroatoms. The summed E-state index contributed by atoms with van der Waals surface area (Å²) in [5.41, 5.74) is 1.43. The van der Waals surface area contributed by atoms with Gasteiger partial charge in [-0.25, -0.2) is 4.98 Å². The van der Waals surface area contributed by atoms with E-state index < -0.39 is 0 Å². The van der Waals surface area contributed by atoms with Crippen molar-refractivity contribution in [3.05, 3.63) is 54.6 Å². The minimum atomic E-state index is 0.598. The Morgan fingerprint density at radius 2 is 1.45 bits per heavy atom. The number of aromatic nitrogens is 5. The average Bonchev–Trinajstić information content (AvgIpc) is 3.35. The predicted molar refractivity (Wildman–Crippen MR) is 111 cm³/mol. The highest BCUT2D eigenvalue weighted by molar-refractivity contribution is 5.43. The van der Waals surface area contributed by atoms with Crippen LogP contribution in [0.5, 0.6) is 0 Å². The lowest BCUT2D eigenvalue weighted by atomic mass is 9.90. The van der Waals surface area contributed by atoms with Crippen molar-refractivity contribution in [3.8, 4) is 5.95 Å². The molecule has 0 aliphatic carbocycles. The maximum atomic E-state index is 5.49. The Labute approximate surface area is 170 Å². The van der Waals surface area contributed by atoms with Crippen LogP contribution in [0.3, 0.4) is 0 Å². The maximum absolute atomic E-state index is 5.49. The third-order valence-corrected chi connectivity index (χ3v) is 5.68. The lowest BCUT2D eigenvalue weighted by Crippen LogP contribution is -2.39. The molecule has 0 amide bonds. The monoisotopic (exact) mass is 391 g/mol. The van der Waals surface area contributed by atoms with E-state index in [1.165, 1.54) is 5.56 Å². The Balaban J connectivity index is 1.39. The van der Waals surface area contributed by atoms with Gasteiger partial charge in [-0.15, -0.1) is 0 Å². The summed E-state index contributed by atoms with van der Waals surface area (Å²) < 4.78 is 7.32. The van der Waals surface area contributed by atoms with Crippen LogP contribution >= 0.6 is 0 Å². The van der Waals surface area contributed by atoms with E-state index in [0.29, 0.717) is 31.0 Å². The second kappa shape index (κ2) is 8.16. The summed E-state index contributed by atoms with van der Waals surface area (Å²) in [6, 6.07) is 10.8. The topological polar surface area (TPSA) is 72.2 Å². The molecule has 1 aromatic carbocycles. The van der Waals surface area contributed by atoms with E-state index in [2.05, 4.69) is 45.1 Å². The van der Waals surface area contributed by atoms with Gasteiger partial charge in [0, 0.05) is 38.6 Å². The highest BCUT2D eigenvalue weighted by atomic mass is 16.5. The zero-order chi connectivity index (χ0) is 19.5. The Morgan fingerprint density at radius 3 is 2.10 bits per heavy atom. The van der Waals surface area contributed by atoms with Crippen LogP contribution in [-0.4, -0.2) is 63.9 Å². The normalized spacial score (nSPS) is 18.2. The van der Waals surface area contributed by atoms with Gasteiger partial charge >= 0.3 is 0 Å². The number of hydrogen-bond acceptors (Lipinski definition) is 7. The summed E-state index contributed by atoms with van der Waals surface area (Å²) in [6.45, 7) is 4.87. The summed E-state index contributed by atoms with van der Waals surface area (Å²) >= 11 is 0. The maximum Gasteiger partial charge on any atom is 0.241 e. The van der Waals surface area contributed by atoms with Crippen molar-refractivity contribution in [1.82, 2.24) is 24.5 Å². The number of morpholine rings is 1. The van der Waals surface area contributed by atoms with Gasteiger partial charge in [0.2, 0.25) is 17.8 Å². The molecule has 8 nitrogen and oxygen atoms in total. The van der Waals surface area contributed by atoms with Crippen LogP contribution in [-0.2, 0) is 4.74 Å². The van der Waals surface area contributed by atoms with Crippen LogP contribution < -0.4 is 9.80 Å². The second-order valence-electron chi connectivity index (χ2n) is 7.48. The molecule has 3 aromatic rings. The molecular weight excluding hydrogens is 366 g/mol. The van der Waals surface area contributed by atoms with Crippen LogP contribution in [0.25, 0.3) is 5.95 Å². The lowest BCUT2D eigenvalue weighted by molar-refractivity contribution is 0.122. The van der Waals surface area contributed by atoms with Gasteiger partial charge in [-0.05, 0) is 24.3 Å². The van der Waals surface area contributed by atoms with Crippen molar-refractivity contribution in [3.63, 3.8) is 0 Å². The van der Waals surface area contributed by atoms with Crippen molar-refractivity contribution < 1.29 is 4.74 Å². The minimum absolute atomic E-state index is 0.598. The molecule has 0 unspecified atom stereocenters. The van der Waals surface area contributed by atoms with Gasteiger partial charge in [-0.1, -0.05) is 30.3 Å². The minimum Gasteiger partial charge on any atom is -0.378 e. The fourth-order valence-corrected chi connectivity index (χ4v) is 4.02. The zero-order valence-corrected chi connectivity index (χ0v) is 16.4. The molecule has 29 heavy (non-hydrogen) atoms. The first-order valence-electron chi connectivity index (χ1n) is 10.2. The molecule has 4 heterocycles. The number of nitrogens with zero attached hydrogens (tertiary/aromatic N) is 7. The van der Waals surface area contributed by atoms with Crippen LogP contribution in [0, 0.1) is 0 Å². The van der Waals surface area contributed by atoms with Crippen LogP contribution in [0.15, 0.2) is 49.1 Å². The fraction of sp³-hybridized carbons (Fsp3) is 0.429. The molecule has 0 spiro atoms. The predicted octanol–water partition coefficient (Wildman–Crippen LogP) is 2.28. The number of imidazole rings is 1. The van der Waals surface area contributed by atoms with E-state index in [9.17, 15) is 0 Å². The third-order valence-electron chi connectivity index (χ3n) is 5.68. The molecule has 2 aromatic heterocycles. The Bertz CT molecular complexity index is 917. The quantitative estimate of drug-likeness (QED) is 0.676. The fourth-order valence-electron chi connectivity index (χ4n) is 4.02. The van der Waals surface area contributed by atoms with Crippen molar-refractivity contribution in [2.45, 2.75) is 18.8 Å². The molecule has 0 bridgehead atoms. The van der Waals surface area contributed by atoms with Gasteiger partial charge < -0.3 is 14.5 Å². The van der Waals surface area contributed by atoms with E-state index in [0.717, 1.165) is 45.0 Å². The van der Waals surface area contributed by atoms with E-state index in [1.54, 1.807) is 12.5 Å². The third kappa shape index (κ3) is 3.93. The van der Waals surface area contributed by atoms with E-state index >= 15 is 0 Å². The highest BCUT2D eigenvalue weighted by Gasteiger charge is 2.24. The van der Waals surface area contributed by atoms with E-state index in [-0.39, 0.29) is 0 Å². The second-order valence-corrected chi connectivity index (χ2v) is 7.48. The average molecular weight is 391 g/mol. The number of hydrogen-bond donors (Lipinski definition) is 0. The van der Waals surface area contributed by atoms with Gasteiger partial charge in [-0.3, -0.25) is 4.57 Å². The molecule has 2 aliphatic heterocycles. The molecule has 5 rings (SSSR count). The molecule has 0 N–H and O–H groups in total. The summed E-state index contributed by atoms with van der Waals surface area (Å²) in [5.74, 6) is 2.67. The van der Waals surface area contributed by atoms with Crippen molar-refractivity contribution >= 4 is 11.9 Å². The van der Waals surface area contributed by atoms with Crippen molar-refractivity contribution in [2.75, 3.05) is 49.2 Å². The Hall–Kier alpha value is -3.00. The number of ether oxygens (including phenoxy) is 1. The van der Waals surface area contributed by atoms with Gasteiger partial charge in [-0.2, -0.15) is 15.0 Å². The van der Waals surface area contributed by atoms with Crippen molar-refractivity contribution in [1.29, 1.82) is 0 Å². The number of benzene rings is 1. The lowest BCUT2D eigenvalue weighted by Gasteiger charge is -2.33. The molecule has 0 saturated carbocycles. The van der Waals surface area contributed by atoms with Gasteiger partial charge in [0.05, 0.1) is 13.2 Å². The first-order chi connectivity index (χ1) is 14.4. The molecule has 2 fully saturated rings. The first kappa shape index (κ1) is 18.1.